The second kappa shape index (κ2) is 3.78. The minimum atomic E-state index is -1.29. The molecule has 2 heterocycles. The Morgan fingerprint density at radius 2 is 2.05 bits per heavy atom. The molecule has 3 fully saturated rings. The second-order valence-electron chi connectivity index (χ2n) is 8.56. The first-order valence-corrected chi connectivity index (χ1v) is 11.5. The summed E-state index contributed by atoms with van der Waals surface area (Å²) in [7, 11) is -1.29. The third-order valence-electron chi connectivity index (χ3n) is 6.34. The molecule has 0 aromatic carbocycles. The minimum absolute atomic E-state index is 0.161. The quantitative estimate of drug-likeness (QED) is 0.597. The van der Waals surface area contributed by atoms with Gasteiger partial charge in [-0.3, -0.25) is 0 Å². The summed E-state index contributed by atoms with van der Waals surface area (Å²) in [5.41, 5.74) is 1.81. The summed E-state index contributed by atoms with van der Waals surface area (Å²) >= 11 is 0. The first-order chi connectivity index (χ1) is 9.29. The Balaban J connectivity index is 1.83. The molecular weight excluding hydrogens is 268 g/mol. The molecule has 3 nitrogen and oxygen atoms in total. The predicted molar refractivity (Wildman–Crippen MR) is 80.1 cm³/mol. The van der Waals surface area contributed by atoms with Crippen molar-refractivity contribution in [2.75, 3.05) is 13.2 Å². The van der Waals surface area contributed by atoms with E-state index in [2.05, 4.69) is 32.6 Å². The van der Waals surface area contributed by atoms with Crippen LogP contribution >= 0.6 is 0 Å². The molecule has 6 atom stereocenters. The predicted octanol–water partition coefficient (Wildman–Crippen LogP) is 2.78. The van der Waals surface area contributed by atoms with E-state index in [0.29, 0.717) is 24.0 Å². The standard InChI is InChI=1S/C16H26O3Si/c1-10-6-15-9-19-16(7-10)14(15)11(5-13(15)17)12(8-18-16)20(2,3)4/h6,11-14,17H,5,7-9H2,1-4H3/t11-,12-,13+,14+,15-,16-/m0/s1. The molecule has 0 spiro atoms. The first-order valence-electron chi connectivity index (χ1n) is 7.93. The highest BCUT2D eigenvalue weighted by Gasteiger charge is 2.72. The lowest BCUT2D eigenvalue weighted by molar-refractivity contribution is -0.260. The summed E-state index contributed by atoms with van der Waals surface area (Å²) in [4.78, 5) is 0. The fraction of sp³-hybridized carbons (Fsp3) is 0.875. The molecule has 1 N–H and O–H groups in total. The van der Waals surface area contributed by atoms with Crippen molar-refractivity contribution in [3.8, 4) is 0 Å². The van der Waals surface area contributed by atoms with E-state index in [4.69, 9.17) is 9.47 Å². The Morgan fingerprint density at radius 1 is 1.30 bits per heavy atom. The van der Waals surface area contributed by atoms with Crippen molar-refractivity contribution in [1.29, 1.82) is 0 Å². The highest BCUT2D eigenvalue weighted by Crippen LogP contribution is 2.68. The van der Waals surface area contributed by atoms with Gasteiger partial charge in [0.15, 0.2) is 5.79 Å². The lowest BCUT2D eigenvalue weighted by Crippen LogP contribution is -2.55. The molecular formula is C16H26O3Si. The molecule has 4 rings (SSSR count). The number of rotatable bonds is 1. The van der Waals surface area contributed by atoms with E-state index >= 15 is 0 Å². The Bertz CT molecular complexity index is 483. The maximum Gasteiger partial charge on any atom is 0.176 e. The summed E-state index contributed by atoms with van der Waals surface area (Å²) in [6, 6.07) is 0. The van der Waals surface area contributed by atoms with Crippen molar-refractivity contribution >= 4 is 8.07 Å². The van der Waals surface area contributed by atoms with Crippen LogP contribution in [0.3, 0.4) is 0 Å². The maximum absolute atomic E-state index is 10.8. The van der Waals surface area contributed by atoms with Crippen LogP contribution in [0.2, 0.25) is 25.2 Å². The van der Waals surface area contributed by atoms with Gasteiger partial charge < -0.3 is 14.6 Å². The molecule has 0 amide bonds. The Morgan fingerprint density at radius 3 is 2.75 bits per heavy atom. The molecule has 2 saturated heterocycles. The molecule has 2 bridgehead atoms. The van der Waals surface area contributed by atoms with Gasteiger partial charge >= 0.3 is 0 Å². The maximum atomic E-state index is 10.8. The molecule has 20 heavy (non-hydrogen) atoms. The van der Waals surface area contributed by atoms with E-state index < -0.39 is 13.9 Å². The molecule has 1 saturated carbocycles. The fourth-order valence-electron chi connectivity index (χ4n) is 5.59. The summed E-state index contributed by atoms with van der Waals surface area (Å²) < 4.78 is 12.5. The van der Waals surface area contributed by atoms with Crippen molar-refractivity contribution in [2.45, 2.75) is 56.8 Å². The van der Waals surface area contributed by atoms with Gasteiger partial charge in [0.25, 0.3) is 0 Å². The third kappa shape index (κ3) is 1.46. The minimum Gasteiger partial charge on any atom is -0.392 e. The van der Waals surface area contributed by atoms with Gasteiger partial charge in [0.05, 0.1) is 27.4 Å². The molecule has 4 aliphatic rings. The van der Waals surface area contributed by atoms with Crippen LogP contribution in [0.15, 0.2) is 11.6 Å². The molecule has 0 aromatic rings. The monoisotopic (exact) mass is 294 g/mol. The summed E-state index contributed by atoms with van der Waals surface area (Å²) in [6.07, 6.45) is 3.90. The lowest BCUT2D eigenvalue weighted by Gasteiger charge is -2.51. The molecule has 0 aromatic heterocycles. The van der Waals surface area contributed by atoms with Gasteiger partial charge in [0, 0.05) is 17.8 Å². The molecule has 4 heteroatoms. The molecule has 0 unspecified atom stereocenters. The van der Waals surface area contributed by atoms with Gasteiger partial charge in [0.1, 0.15) is 0 Å². The van der Waals surface area contributed by atoms with Gasteiger partial charge in [-0.15, -0.1) is 0 Å². The fourth-order valence-corrected chi connectivity index (χ4v) is 7.79. The largest absolute Gasteiger partial charge is 0.392 e. The SMILES string of the molecule is CC1=C[C@]23CO[C@]4(C1)OC[C@H]([Si](C)(C)C)[C@H](C[C@H]2O)[C@@H]43. The van der Waals surface area contributed by atoms with Crippen LogP contribution < -0.4 is 0 Å². The molecule has 2 aliphatic carbocycles. The Kier molecular flexibility index (Phi) is 2.55. The average Bonchev–Trinajstić information content (AvgIpc) is 2.73. The number of aliphatic hydroxyl groups is 1. The summed E-state index contributed by atoms with van der Waals surface area (Å²) in [6.45, 7) is 10.9. The van der Waals surface area contributed by atoms with Crippen molar-refractivity contribution in [3.63, 3.8) is 0 Å². The van der Waals surface area contributed by atoms with Gasteiger partial charge in [-0.1, -0.05) is 31.3 Å². The van der Waals surface area contributed by atoms with Crippen LogP contribution in [-0.4, -0.2) is 38.3 Å². The van der Waals surface area contributed by atoms with Gasteiger partial charge in [-0.05, 0) is 24.8 Å². The number of ether oxygens (including phenoxy) is 2. The van der Waals surface area contributed by atoms with Gasteiger partial charge in [0.2, 0.25) is 0 Å². The summed E-state index contributed by atoms with van der Waals surface area (Å²) in [5.74, 6) is 0.536. The van der Waals surface area contributed by atoms with Crippen LogP contribution in [0.1, 0.15) is 19.8 Å². The van der Waals surface area contributed by atoms with Crippen LogP contribution in [0, 0.1) is 17.3 Å². The zero-order chi connectivity index (χ0) is 14.3. The van der Waals surface area contributed by atoms with Crippen LogP contribution in [0.5, 0.6) is 0 Å². The van der Waals surface area contributed by atoms with Crippen molar-refractivity contribution < 1.29 is 14.6 Å². The molecule has 2 aliphatic heterocycles. The number of hydrogen-bond acceptors (Lipinski definition) is 3. The van der Waals surface area contributed by atoms with Crippen LogP contribution in [-0.2, 0) is 9.47 Å². The average molecular weight is 294 g/mol. The van der Waals surface area contributed by atoms with E-state index in [-0.39, 0.29) is 11.5 Å². The summed E-state index contributed by atoms with van der Waals surface area (Å²) in [5, 5.41) is 10.8. The van der Waals surface area contributed by atoms with Crippen LogP contribution in [0.25, 0.3) is 0 Å². The van der Waals surface area contributed by atoms with Crippen LogP contribution in [0.4, 0.5) is 0 Å². The zero-order valence-corrected chi connectivity index (χ0v) is 14.0. The van der Waals surface area contributed by atoms with E-state index in [1.807, 2.05) is 0 Å². The first kappa shape index (κ1) is 13.5. The molecule has 112 valence electrons. The molecule has 0 radical (unpaired) electrons. The van der Waals surface area contributed by atoms with Gasteiger partial charge in [-0.2, -0.15) is 0 Å². The Hall–Kier alpha value is -0.163. The third-order valence-corrected chi connectivity index (χ3v) is 9.16. The topological polar surface area (TPSA) is 38.7 Å². The van der Waals surface area contributed by atoms with E-state index in [1.165, 1.54) is 5.57 Å². The number of aliphatic hydroxyl groups excluding tert-OH is 1. The normalized spacial score (nSPS) is 53.8. The zero-order valence-electron chi connectivity index (χ0n) is 13.0. The smallest absolute Gasteiger partial charge is 0.176 e. The highest BCUT2D eigenvalue weighted by molar-refractivity contribution is 6.77. The second-order valence-corrected chi connectivity index (χ2v) is 14.0. The van der Waals surface area contributed by atoms with Crippen molar-refractivity contribution in [3.05, 3.63) is 11.6 Å². The van der Waals surface area contributed by atoms with E-state index in [1.54, 1.807) is 0 Å². The van der Waals surface area contributed by atoms with Gasteiger partial charge in [-0.25, -0.2) is 0 Å². The Labute approximate surface area is 122 Å². The lowest BCUT2D eigenvalue weighted by atomic mass is 9.65. The van der Waals surface area contributed by atoms with Crippen molar-refractivity contribution in [1.82, 2.24) is 0 Å². The van der Waals surface area contributed by atoms with E-state index in [0.717, 1.165) is 19.4 Å². The van der Waals surface area contributed by atoms with E-state index in [9.17, 15) is 5.11 Å². The van der Waals surface area contributed by atoms with Crippen molar-refractivity contribution in [2.24, 2.45) is 17.3 Å². The highest BCUT2D eigenvalue weighted by atomic mass is 28.3. The number of hydrogen-bond donors (Lipinski definition) is 1.